The summed E-state index contributed by atoms with van der Waals surface area (Å²) >= 11 is 6.11. The fourth-order valence-corrected chi connectivity index (χ4v) is 3.68. The molecule has 0 spiro atoms. The summed E-state index contributed by atoms with van der Waals surface area (Å²) in [5, 5.41) is 4.43. The first kappa shape index (κ1) is 21.7. The lowest BCUT2D eigenvalue weighted by molar-refractivity contribution is 0.0536. The Morgan fingerprint density at radius 3 is 2.96 bits per heavy atom. The Balaban J connectivity index is 0.00000243. The van der Waals surface area contributed by atoms with Crippen molar-refractivity contribution in [3.8, 4) is 0 Å². The van der Waals surface area contributed by atoms with E-state index in [-0.39, 0.29) is 24.0 Å². The van der Waals surface area contributed by atoms with E-state index in [1.165, 1.54) is 5.56 Å². The van der Waals surface area contributed by atoms with Gasteiger partial charge >= 0.3 is 0 Å². The van der Waals surface area contributed by atoms with Crippen LogP contribution in [0, 0.1) is 5.92 Å². The molecular formula is C19H29ClIN3O2. The molecule has 1 aromatic rings. The molecule has 2 aliphatic rings. The van der Waals surface area contributed by atoms with Crippen LogP contribution in [0.25, 0.3) is 0 Å². The molecule has 1 aromatic carbocycles. The largest absolute Gasteiger partial charge is 0.382 e. The van der Waals surface area contributed by atoms with Crippen LogP contribution in [-0.4, -0.2) is 64.0 Å². The minimum atomic E-state index is 0. The van der Waals surface area contributed by atoms with Crippen molar-refractivity contribution in [1.82, 2.24) is 10.2 Å². The molecule has 0 aromatic heterocycles. The van der Waals surface area contributed by atoms with Gasteiger partial charge in [0.1, 0.15) is 0 Å². The molecule has 0 radical (unpaired) electrons. The topological polar surface area (TPSA) is 46.1 Å². The van der Waals surface area contributed by atoms with Gasteiger partial charge in [0.15, 0.2) is 5.96 Å². The van der Waals surface area contributed by atoms with Crippen LogP contribution in [-0.2, 0) is 9.47 Å². The zero-order valence-corrected chi connectivity index (χ0v) is 18.6. The average Bonchev–Trinajstić information content (AvgIpc) is 3.24. The molecule has 3 rings (SSSR count). The zero-order chi connectivity index (χ0) is 17.6. The molecule has 5 nitrogen and oxygen atoms in total. The standard InChI is InChI=1S/C19H28ClN3O2.HI/c1-21-19(23-7-6-14(12-23)13-25-9-8-24-2)22-18-11-17(18)15-4-3-5-16(20)10-15;/h3-5,10,14,17-18H,6-9,11-13H2,1-2H3,(H,21,22);1H. The molecule has 3 atom stereocenters. The van der Waals surface area contributed by atoms with E-state index in [9.17, 15) is 0 Å². The SMILES string of the molecule is CN=C(NC1CC1c1cccc(Cl)c1)N1CCC(COCCOC)C1.I. The lowest BCUT2D eigenvalue weighted by Crippen LogP contribution is -2.41. The van der Waals surface area contributed by atoms with Gasteiger partial charge in [0.05, 0.1) is 19.8 Å². The summed E-state index contributed by atoms with van der Waals surface area (Å²) in [6.45, 7) is 4.16. The van der Waals surface area contributed by atoms with Gasteiger partial charge in [0.25, 0.3) is 0 Å². The van der Waals surface area contributed by atoms with Gasteiger partial charge in [-0.25, -0.2) is 0 Å². The average molecular weight is 494 g/mol. The fourth-order valence-electron chi connectivity index (χ4n) is 3.48. The number of rotatable bonds is 7. The summed E-state index contributed by atoms with van der Waals surface area (Å²) in [5.74, 6) is 2.11. The number of nitrogens with zero attached hydrogens (tertiary/aromatic N) is 2. The Bertz CT molecular complexity index is 602. The number of likely N-dealkylation sites (tertiary alicyclic amines) is 1. The molecule has 1 aliphatic heterocycles. The van der Waals surface area contributed by atoms with Crippen molar-refractivity contribution in [1.29, 1.82) is 0 Å². The van der Waals surface area contributed by atoms with Gasteiger partial charge < -0.3 is 19.7 Å². The highest BCUT2D eigenvalue weighted by atomic mass is 127. The molecule has 3 unspecified atom stereocenters. The summed E-state index contributed by atoms with van der Waals surface area (Å²) < 4.78 is 10.7. The highest BCUT2D eigenvalue weighted by Crippen LogP contribution is 2.41. The van der Waals surface area contributed by atoms with E-state index >= 15 is 0 Å². The highest BCUT2D eigenvalue weighted by Gasteiger charge is 2.40. The van der Waals surface area contributed by atoms with Crippen LogP contribution >= 0.6 is 35.6 Å². The maximum atomic E-state index is 6.11. The maximum Gasteiger partial charge on any atom is 0.193 e. The number of methoxy groups -OCH3 is 1. The molecule has 7 heteroatoms. The lowest BCUT2D eigenvalue weighted by Gasteiger charge is -2.22. The van der Waals surface area contributed by atoms with Crippen LogP contribution in [0.15, 0.2) is 29.3 Å². The number of halogens is 2. The van der Waals surface area contributed by atoms with Crippen molar-refractivity contribution >= 4 is 41.5 Å². The van der Waals surface area contributed by atoms with Crippen LogP contribution in [0.2, 0.25) is 5.02 Å². The van der Waals surface area contributed by atoms with Gasteiger partial charge in [-0.2, -0.15) is 0 Å². The molecular weight excluding hydrogens is 465 g/mol. The number of hydrogen-bond donors (Lipinski definition) is 1. The normalized spacial score (nSPS) is 25.1. The van der Waals surface area contributed by atoms with Crippen LogP contribution < -0.4 is 5.32 Å². The van der Waals surface area contributed by atoms with Gasteiger partial charge in [0, 0.05) is 50.1 Å². The van der Waals surface area contributed by atoms with Gasteiger partial charge in [-0.05, 0) is 30.5 Å². The highest BCUT2D eigenvalue weighted by molar-refractivity contribution is 14.0. The fraction of sp³-hybridized carbons (Fsp3) is 0.632. The number of hydrogen-bond acceptors (Lipinski definition) is 3. The molecule has 26 heavy (non-hydrogen) atoms. The molecule has 1 aliphatic carbocycles. The summed E-state index contributed by atoms with van der Waals surface area (Å²) in [7, 11) is 3.56. The third-order valence-electron chi connectivity index (χ3n) is 4.96. The minimum absolute atomic E-state index is 0. The molecule has 0 bridgehead atoms. The predicted octanol–water partition coefficient (Wildman–Crippen LogP) is 3.37. The first-order chi connectivity index (χ1) is 12.2. The minimum Gasteiger partial charge on any atom is -0.382 e. The molecule has 0 amide bonds. The zero-order valence-electron chi connectivity index (χ0n) is 15.5. The van der Waals surface area contributed by atoms with Crippen molar-refractivity contribution in [3.05, 3.63) is 34.9 Å². The maximum absolute atomic E-state index is 6.11. The Morgan fingerprint density at radius 2 is 2.23 bits per heavy atom. The first-order valence-corrected chi connectivity index (χ1v) is 9.39. The monoisotopic (exact) mass is 493 g/mol. The smallest absolute Gasteiger partial charge is 0.193 e. The molecule has 2 fully saturated rings. The molecule has 1 N–H and O–H groups in total. The van der Waals surface area contributed by atoms with Crippen LogP contribution in [0.1, 0.15) is 24.3 Å². The van der Waals surface area contributed by atoms with Gasteiger partial charge in [-0.3, -0.25) is 4.99 Å². The summed E-state index contributed by atoms with van der Waals surface area (Å²) in [6, 6.07) is 8.63. The number of ether oxygens (including phenoxy) is 2. The first-order valence-electron chi connectivity index (χ1n) is 9.01. The Hall–Kier alpha value is -0.570. The third-order valence-corrected chi connectivity index (χ3v) is 5.20. The second-order valence-corrected chi connectivity index (χ2v) is 7.30. The van der Waals surface area contributed by atoms with E-state index in [0.717, 1.165) is 43.5 Å². The van der Waals surface area contributed by atoms with Crippen LogP contribution in [0.5, 0.6) is 0 Å². The molecule has 1 saturated heterocycles. The predicted molar refractivity (Wildman–Crippen MR) is 117 cm³/mol. The van der Waals surface area contributed by atoms with Crippen LogP contribution in [0.4, 0.5) is 0 Å². The van der Waals surface area contributed by atoms with Gasteiger partial charge in [-0.1, -0.05) is 23.7 Å². The number of guanidine groups is 1. The van der Waals surface area contributed by atoms with Gasteiger partial charge in [0.2, 0.25) is 0 Å². The quantitative estimate of drug-likeness (QED) is 0.274. The second kappa shape index (κ2) is 10.7. The van der Waals surface area contributed by atoms with Crippen molar-refractivity contribution in [2.45, 2.75) is 24.8 Å². The van der Waals surface area contributed by atoms with E-state index in [4.69, 9.17) is 21.1 Å². The van der Waals surface area contributed by atoms with Crippen molar-refractivity contribution in [3.63, 3.8) is 0 Å². The molecule has 1 saturated carbocycles. The van der Waals surface area contributed by atoms with E-state index in [0.29, 0.717) is 31.1 Å². The van der Waals surface area contributed by atoms with E-state index in [1.807, 2.05) is 19.2 Å². The van der Waals surface area contributed by atoms with Crippen molar-refractivity contribution < 1.29 is 9.47 Å². The Morgan fingerprint density at radius 1 is 1.38 bits per heavy atom. The summed E-state index contributed by atoms with van der Waals surface area (Å²) in [4.78, 5) is 6.83. The lowest BCUT2D eigenvalue weighted by atomic mass is 10.1. The van der Waals surface area contributed by atoms with Crippen LogP contribution in [0.3, 0.4) is 0 Å². The Kier molecular flexibility index (Phi) is 8.93. The second-order valence-electron chi connectivity index (χ2n) is 6.86. The molecule has 146 valence electrons. The van der Waals surface area contributed by atoms with Crippen molar-refractivity contribution in [2.75, 3.05) is 47.1 Å². The summed E-state index contributed by atoms with van der Waals surface area (Å²) in [6.07, 6.45) is 2.28. The Labute approximate surface area is 178 Å². The third kappa shape index (κ3) is 5.97. The summed E-state index contributed by atoms with van der Waals surface area (Å²) in [5.41, 5.74) is 1.31. The number of nitrogens with one attached hydrogen (secondary N) is 1. The van der Waals surface area contributed by atoms with E-state index in [2.05, 4.69) is 27.3 Å². The van der Waals surface area contributed by atoms with E-state index in [1.54, 1.807) is 7.11 Å². The van der Waals surface area contributed by atoms with E-state index < -0.39 is 0 Å². The number of aliphatic imine (C=N–C) groups is 1. The van der Waals surface area contributed by atoms with Crippen molar-refractivity contribution in [2.24, 2.45) is 10.9 Å². The molecule has 1 heterocycles. The van der Waals surface area contributed by atoms with Gasteiger partial charge in [-0.15, -0.1) is 24.0 Å². The number of benzene rings is 1.